The molecule has 0 amide bonds. The maximum Gasteiger partial charge on any atom is 0.141 e. The van der Waals surface area contributed by atoms with Crippen LogP contribution in [0.1, 0.15) is 5.56 Å². The number of rotatable bonds is 3. The van der Waals surface area contributed by atoms with Gasteiger partial charge >= 0.3 is 0 Å². The van der Waals surface area contributed by atoms with Gasteiger partial charge in [0.05, 0.1) is 15.6 Å². The largest absolute Gasteiger partial charge is 0.456 e. The fourth-order valence-corrected chi connectivity index (χ4v) is 1.81. The molecule has 2 aromatic carbocycles. The van der Waals surface area contributed by atoms with Crippen molar-refractivity contribution in [3.63, 3.8) is 0 Å². The first-order valence-electron chi connectivity index (χ1n) is 5.25. The minimum atomic E-state index is -0.620. The monoisotopic (exact) mass is 298 g/mol. The normalized spacial score (nSPS) is 10.3. The molecule has 0 fully saturated rings. The zero-order valence-electron chi connectivity index (χ0n) is 9.58. The van der Waals surface area contributed by atoms with E-state index in [1.807, 2.05) is 0 Å². The van der Waals surface area contributed by atoms with Crippen LogP contribution in [0.5, 0.6) is 11.5 Å². The lowest BCUT2D eigenvalue weighted by Crippen LogP contribution is -2.14. The van der Waals surface area contributed by atoms with E-state index in [9.17, 15) is 4.39 Å². The van der Waals surface area contributed by atoms with Gasteiger partial charge in [-0.1, -0.05) is 29.3 Å². The molecule has 0 bridgehead atoms. The van der Waals surface area contributed by atoms with Crippen molar-refractivity contribution in [2.24, 2.45) is 5.73 Å². The van der Waals surface area contributed by atoms with Gasteiger partial charge in [-0.3, -0.25) is 5.41 Å². The van der Waals surface area contributed by atoms with E-state index in [0.29, 0.717) is 15.8 Å². The molecule has 0 aliphatic heterocycles. The van der Waals surface area contributed by atoms with E-state index in [1.165, 1.54) is 24.3 Å². The molecule has 0 heterocycles. The molecular formula is C13H9Cl2FN2O. The van der Waals surface area contributed by atoms with Gasteiger partial charge in [-0.15, -0.1) is 0 Å². The first-order valence-corrected chi connectivity index (χ1v) is 6.00. The maximum absolute atomic E-state index is 13.6. The van der Waals surface area contributed by atoms with E-state index in [2.05, 4.69) is 0 Å². The van der Waals surface area contributed by atoms with Crippen LogP contribution in [0.2, 0.25) is 10.0 Å². The standard InChI is InChI=1S/C13H9Cl2FN2O/c14-8-5-4-7(6-9(8)15)19-11-3-1-2-10(16)12(11)13(17)18/h1-6H,(H3,17,18). The highest BCUT2D eigenvalue weighted by atomic mass is 35.5. The van der Waals surface area contributed by atoms with Gasteiger partial charge in [0.1, 0.15) is 23.2 Å². The minimum absolute atomic E-state index is 0.0893. The van der Waals surface area contributed by atoms with Crippen LogP contribution in [0.4, 0.5) is 4.39 Å². The number of amidine groups is 1. The van der Waals surface area contributed by atoms with E-state index in [-0.39, 0.29) is 11.3 Å². The Hall–Kier alpha value is -1.78. The van der Waals surface area contributed by atoms with E-state index in [4.69, 9.17) is 39.1 Å². The van der Waals surface area contributed by atoms with Gasteiger partial charge in [-0.2, -0.15) is 0 Å². The number of nitrogens with one attached hydrogen (secondary N) is 1. The number of nitrogens with two attached hydrogens (primary N) is 1. The average molecular weight is 299 g/mol. The number of hydrogen-bond donors (Lipinski definition) is 2. The summed E-state index contributed by atoms with van der Waals surface area (Å²) in [6.45, 7) is 0. The fourth-order valence-electron chi connectivity index (χ4n) is 1.52. The van der Waals surface area contributed by atoms with Crippen molar-refractivity contribution in [2.75, 3.05) is 0 Å². The zero-order valence-corrected chi connectivity index (χ0v) is 11.1. The van der Waals surface area contributed by atoms with Crippen LogP contribution in [0.25, 0.3) is 0 Å². The van der Waals surface area contributed by atoms with Crippen molar-refractivity contribution in [1.82, 2.24) is 0 Å². The predicted molar refractivity (Wildman–Crippen MR) is 74.0 cm³/mol. The molecule has 19 heavy (non-hydrogen) atoms. The summed E-state index contributed by atoms with van der Waals surface area (Å²) in [4.78, 5) is 0. The van der Waals surface area contributed by atoms with Crippen molar-refractivity contribution in [3.8, 4) is 11.5 Å². The highest BCUT2D eigenvalue weighted by molar-refractivity contribution is 6.42. The molecule has 0 aliphatic carbocycles. The second-order valence-electron chi connectivity index (χ2n) is 3.70. The van der Waals surface area contributed by atoms with Gasteiger partial charge in [0.2, 0.25) is 0 Å². The van der Waals surface area contributed by atoms with Gasteiger partial charge in [0.15, 0.2) is 0 Å². The minimum Gasteiger partial charge on any atom is -0.456 e. The molecule has 2 rings (SSSR count). The number of nitrogen functional groups attached to an aromatic ring is 1. The van der Waals surface area contributed by atoms with E-state index < -0.39 is 11.7 Å². The molecule has 0 atom stereocenters. The lowest BCUT2D eigenvalue weighted by Gasteiger charge is -2.11. The Morgan fingerprint density at radius 3 is 2.53 bits per heavy atom. The molecule has 0 aliphatic rings. The second kappa shape index (κ2) is 5.47. The van der Waals surface area contributed by atoms with Crippen molar-refractivity contribution < 1.29 is 9.13 Å². The molecule has 0 aromatic heterocycles. The lowest BCUT2D eigenvalue weighted by atomic mass is 10.1. The highest BCUT2D eigenvalue weighted by Crippen LogP contribution is 2.31. The van der Waals surface area contributed by atoms with Crippen LogP contribution in [-0.4, -0.2) is 5.84 Å². The summed E-state index contributed by atoms with van der Waals surface area (Å²) in [7, 11) is 0. The molecule has 6 heteroatoms. The summed E-state index contributed by atoms with van der Waals surface area (Å²) in [5.74, 6) is -0.508. The van der Waals surface area contributed by atoms with Gasteiger partial charge in [-0.25, -0.2) is 4.39 Å². The summed E-state index contributed by atoms with van der Waals surface area (Å²) < 4.78 is 19.1. The first kappa shape index (κ1) is 13.6. The molecule has 3 N–H and O–H groups in total. The predicted octanol–water partition coefficient (Wildman–Crippen LogP) is 4.21. The van der Waals surface area contributed by atoms with Crippen LogP contribution in [0.3, 0.4) is 0 Å². The van der Waals surface area contributed by atoms with Crippen LogP contribution < -0.4 is 10.5 Å². The SMILES string of the molecule is N=C(N)c1c(F)cccc1Oc1ccc(Cl)c(Cl)c1. The molecule has 3 nitrogen and oxygen atoms in total. The number of ether oxygens (including phenoxy) is 1. The zero-order chi connectivity index (χ0) is 14.0. The van der Waals surface area contributed by atoms with Crippen molar-refractivity contribution in [3.05, 3.63) is 57.8 Å². The third-order valence-corrected chi connectivity index (χ3v) is 3.10. The van der Waals surface area contributed by atoms with Crippen LogP contribution in [0.15, 0.2) is 36.4 Å². The van der Waals surface area contributed by atoms with Gasteiger partial charge in [0, 0.05) is 6.07 Å². The first-order chi connectivity index (χ1) is 8.99. The molecule has 0 spiro atoms. The van der Waals surface area contributed by atoms with Gasteiger partial charge in [0.25, 0.3) is 0 Å². The van der Waals surface area contributed by atoms with E-state index >= 15 is 0 Å². The third kappa shape index (κ3) is 2.97. The Kier molecular flexibility index (Phi) is 3.93. The summed E-state index contributed by atoms with van der Waals surface area (Å²) in [5.41, 5.74) is 5.25. The molecule has 0 radical (unpaired) electrons. The van der Waals surface area contributed by atoms with Crippen molar-refractivity contribution in [2.45, 2.75) is 0 Å². The lowest BCUT2D eigenvalue weighted by molar-refractivity contribution is 0.475. The van der Waals surface area contributed by atoms with Crippen LogP contribution >= 0.6 is 23.2 Å². The Bertz CT molecular complexity index is 647. The van der Waals surface area contributed by atoms with Crippen LogP contribution in [-0.2, 0) is 0 Å². The highest BCUT2D eigenvalue weighted by Gasteiger charge is 2.13. The number of halogens is 3. The molecular weight excluding hydrogens is 290 g/mol. The Labute approximate surface area is 119 Å². The molecule has 98 valence electrons. The Balaban J connectivity index is 2.40. The molecule has 0 unspecified atom stereocenters. The Morgan fingerprint density at radius 2 is 1.89 bits per heavy atom. The van der Waals surface area contributed by atoms with E-state index in [0.717, 1.165) is 0 Å². The Morgan fingerprint density at radius 1 is 1.16 bits per heavy atom. The second-order valence-corrected chi connectivity index (χ2v) is 4.52. The summed E-state index contributed by atoms with van der Waals surface area (Å²) in [5, 5.41) is 8.08. The maximum atomic E-state index is 13.6. The average Bonchev–Trinajstić information content (AvgIpc) is 2.33. The topological polar surface area (TPSA) is 59.1 Å². The van der Waals surface area contributed by atoms with Gasteiger partial charge < -0.3 is 10.5 Å². The van der Waals surface area contributed by atoms with Crippen molar-refractivity contribution in [1.29, 1.82) is 5.41 Å². The quantitative estimate of drug-likeness (QED) is 0.659. The molecule has 0 saturated carbocycles. The summed E-state index contributed by atoms with van der Waals surface area (Å²) in [6, 6.07) is 8.84. The summed E-state index contributed by atoms with van der Waals surface area (Å²) >= 11 is 11.6. The third-order valence-electron chi connectivity index (χ3n) is 2.36. The van der Waals surface area contributed by atoms with Crippen molar-refractivity contribution >= 4 is 29.0 Å². The van der Waals surface area contributed by atoms with E-state index in [1.54, 1.807) is 12.1 Å². The fraction of sp³-hybridized carbons (Fsp3) is 0. The molecule has 2 aromatic rings. The summed E-state index contributed by atoms with van der Waals surface area (Å²) in [6.07, 6.45) is 0. The van der Waals surface area contributed by atoms with Crippen LogP contribution in [0, 0.1) is 11.2 Å². The molecule has 0 saturated heterocycles. The smallest absolute Gasteiger partial charge is 0.141 e. The number of hydrogen-bond acceptors (Lipinski definition) is 2. The van der Waals surface area contributed by atoms with Gasteiger partial charge in [-0.05, 0) is 24.3 Å². The number of benzene rings is 2.